The van der Waals surface area contributed by atoms with Gasteiger partial charge in [-0.25, -0.2) is 0 Å². The molecule has 0 aliphatic heterocycles. The van der Waals surface area contributed by atoms with Crippen LogP contribution in [0.1, 0.15) is 16.7 Å². The molecule has 15 heavy (non-hydrogen) atoms. The lowest BCUT2D eigenvalue weighted by Gasteiger charge is -2.12. The number of hydrogen-bond donors (Lipinski definition) is 0. The molecule has 0 aliphatic rings. The Kier molecular flexibility index (Phi) is 2.26. The van der Waals surface area contributed by atoms with E-state index in [0.717, 1.165) is 5.39 Å². The third-order valence-corrected chi connectivity index (χ3v) is 3.30. The third kappa shape index (κ3) is 1.63. The Hall–Kier alpha value is -1.03. The molecule has 2 aromatic rings. The average Bonchev–Trinajstić information content (AvgIpc) is 2.58. The van der Waals surface area contributed by atoms with Crippen LogP contribution in [0.5, 0.6) is 0 Å². The number of halogens is 3. The third-order valence-electron chi connectivity index (χ3n) is 2.56. The highest BCUT2D eigenvalue weighted by molar-refractivity contribution is 7.09. The standard InChI is InChI=1S/C11H9F3S/c1-6-3-10(11(12,13)14)7(2)9-5-15-4-8(6)9/h3-5H,1-2H3. The lowest BCUT2D eigenvalue weighted by Crippen LogP contribution is -2.08. The van der Waals surface area contributed by atoms with Crippen molar-refractivity contribution in [3.05, 3.63) is 33.5 Å². The number of fused-ring (bicyclic) bond motifs is 1. The van der Waals surface area contributed by atoms with E-state index in [1.54, 1.807) is 12.3 Å². The smallest absolute Gasteiger partial charge is 0.166 e. The fourth-order valence-electron chi connectivity index (χ4n) is 1.73. The molecular weight excluding hydrogens is 221 g/mol. The highest BCUT2D eigenvalue weighted by Crippen LogP contribution is 2.37. The molecule has 0 atom stereocenters. The summed E-state index contributed by atoms with van der Waals surface area (Å²) < 4.78 is 38.0. The van der Waals surface area contributed by atoms with Gasteiger partial charge in [0.25, 0.3) is 0 Å². The highest BCUT2D eigenvalue weighted by Gasteiger charge is 2.33. The van der Waals surface area contributed by atoms with E-state index in [9.17, 15) is 13.2 Å². The quantitative estimate of drug-likeness (QED) is 0.623. The van der Waals surface area contributed by atoms with Gasteiger partial charge in [-0.15, -0.1) is 0 Å². The molecule has 0 amide bonds. The van der Waals surface area contributed by atoms with E-state index in [4.69, 9.17) is 0 Å². The molecule has 80 valence electrons. The number of hydrogen-bond acceptors (Lipinski definition) is 1. The summed E-state index contributed by atoms with van der Waals surface area (Å²) in [6, 6.07) is 1.23. The number of aryl methyl sites for hydroxylation is 2. The predicted molar refractivity (Wildman–Crippen MR) is 56.3 cm³/mol. The lowest BCUT2D eigenvalue weighted by atomic mass is 9.99. The van der Waals surface area contributed by atoms with Crippen molar-refractivity contribution >= 4 is 22.1 Å². The van der Waals surface area contributed by atoms with Crippen molar-refractivity contribution in [2.24, 2.45) is 0 Å². The number of alkyl halides is 3. The van der Waals surface area contributed by atoms with Gasteiger partial charge >= 0.3 is 6.18 Å². The van der Waals surface area contributed by atoms with Gasteiger partial charge in [0.2, 0.25) is 0 Å². The molecule has 0 aliphatic carbocycles. The van der Waals surface area contributed by atoms with Crippen LogP contribution < -0.4 is 0 Å². The van der Waals surface area contributed by atoms with Crippen molar-refractivity contribution in [1.82, 2.24) is 0 Å². The summed E-state index contributed by atoms with van der Waals surface area (Å²) in [4.78, 5) is 0. The van der Waals surface area contributed by atoms with Crippen LogP contribution in [0, 0.1) is 13.8 Å². The molecule has 0 nitrogen and oxygen atoms in total. The largest absolute Gasteiger partial charge is 0.416 e. The van der Waals surface area contributed by atoms with Crippen LogP contribution in [0.4, 0.5) is 13.2 Å². The first-order valence-corrected chi connectivity index (χ1v) is 5.39. The van der Waals surface area contributed by atoms with Gasteiger partial charge in [-0.05, 0) is 52.6 Å². The maximum Gasteiger partial charge on any atom is 0.416 e. The first-order valence-electron chi connectivity index (χ1n) is 4.44. The Bertz CT molecular complexity index is 508. The number of thiophene rings is 1. The predicted octanol–water partition coefficient (Wildman–Crippen LogP) is 4.54. The number of benzene rings is 1. The summed E-state index contributed by atoms with van der Waals surface area (Å²) in [5.41, 5.74) is 0.486. The first-order chi connectivity index (χ1) is 6.91. The average molecular weight is 230 g/mol. The molecule has 0 saturated heterocycles. The van der Waals surface area contributed by atoms with Crippen molar-refractivity contribution in [3.63, 3.8) is 0 Å². The summed E-state index contributed by atoms with van der Waals surface area (Å²) in [5, 5.41) is 5.29. The first kappa shape index (κ1) is 10.5. The molecule has 0 radical (unpaired) electrons. The maximum atomic E-state index is 12.7. The van der Waals surface area contributed by atoms with E-state index in [-0.39, 0.29) is 0 Å². The van der Waals surface area contributed by atoms with Crippen molar-refractivity contribution in [1.29, 1.82) is 0 Å². The topological polar surface area (TPSA) is 0 Å². The summed E-state index contributed by atoms with van der Waals surface area (Å²) in [6.45, 7) is 3.24. The van der Waals surface area contributed by atoms with E-state index < -0.39 is 11.7 Å². The van der Waals surface area contributed by atoms with Gasteiger partial charge in [-0.3, -0.25) is 0 Å². The van der Waals surface area contributed by atoms with Crippen molar-refractivity contribution in [2.45, 2.75) is 20.0 Å². The molecule has 0 spiro atoms. The van der Waals surface area contributed by atoms with E-state index >= 15 is 0 Å². The van der Waals surface area contributed by atoms with Gasteiger partial charge in [0, 0.05) is 0 Å². The van der Waals surface area contributed by atoms with Gasteiger partial charge in [0.1, 0.15) is 0 Å². The zero-order valence-electron chi connectivity index (χ0n) is 8.27. The molecule has 0 unspecified atom stereocenters. The number of rotatable bonds is 0. The van der Waals surface area contributed by atoms with Crippen LogP contribution in [0.2, 0.25) is 0 Å². The van der Waals surface area contributed by atoms with Crippen LogP contribution in [-0.2, 0) is 6.18 Å². The van der Waals surface area contributed by atoms with Gasteiger partial charge < -0.3 is 0 Å². The zero-order valence-corrected chi connectivity index (χ0v) is 9.09. The molecule has 0 bridgehead atoms. The second kappa shape index (κ2) is 3.23. The van der Waals surface area contributed by atoms with Crippen molar-refractivity contribution in [2.75, 3.05) is 0 Å². The van der Waals surface area contributed by atoms with Gasteiger partial charge in [-0.2, -0.15) is 24.5 Å². The van der Waals surface area contributed by atoms with Gasteiger partial charge in [-0.1, -0.05) is 0 Å². The van der Waals surface area contributed by atoms with Crippen LogP contribution >= 0.6 is 11.3 Å². The normalized spacial score (nSPS) is 12.3. The zero-order chi connectivity index (χ0) is 11.2. The molecule has 1 aromatic heterocycles. The Morgan fingerprint density at radius 3 is 2.27 bits per heavy atom. The summed E-state index contributed by atoms with van der Waals surface area (Å²) in [5.74, 6) is 0. The van der Waals surface area contributed by atoms with Gasteiger partial charge in [0.15, 0.2) is 0 Å². The van der Waals surface area contributed by atoms with Crippen LogP contribution in [0.25, 0.3) is 10.8 Å². The molecule has 2 rings (SSSR count). The summed E-state index contributed by atoms with van der Waals surface area (Å²) in [6.07, 6.45) is -4.26. The SMILES string of the molecule is Cc1cc(C(F)(F)F)c(C)c2cscc12. The molecule has 1 aromatic carbocycles. The Morgan fingerprint density at radius 2 is 1.67 bits per heavy atom. The van der Waals surface area contributed by atoms with E-state index in [0.29, 0.717) is 16.5 Å². The van der Waals surface area contributed by atoms with E-state index in [1.807, 2.05) is 5.38 Å². The van der Waals surface area contributed by atoms with Crippen LogP contribution in [0.15, 0.2) is 16.8 Å². The second-order valence-corrected chi connectivity index (χ2v) is 4.31. The second-order valence-electron chi connectivity index (χ2n) is 3.56. The molecule has 4 heteroatoms. The Labute approximate surface area is 89.3 Å². The minimum Gasteiger partial charge on any atom is -0.166 e. The minimum absolute atomic E-state index is 0.323. The maximum absolute atomic E-state index is 12.7. The minimum atomic E-state index is -4.26. The van der Waals surface area contributed by atoms with Crippen LogP contribution in [-0.4, -0.2) is 0 Å². The fourth-order valence-corrected chi connectivity index (χ4v) is 2.69. The fraction of sp³-hybridized carbons (Fsp3) is 0.273. The highest BCUT2D eigenvalue weighted by atomic mass is 32.1. The Balaban J connectivity index is 2.83. The molecular formula is C11H9F3S. The lowest BCUT2D eigenvalue weighted by molar-refractivity contribution is -0.137. The Morgan fingerprint density at radius 1 is 1.07 bits per heavy atom. The van der Waals surface area contributed by atoms with Crippen molar-refractivity contribution in [3.8, 4) is 0 Å². The molecule has 0 fully saturated rings. The van der Waals surface area contributed by atoms with Gasteiger partial charge in [0.05, 0.1) is 5.56 Å². The monoisotopic (exact) mass is 230 g/mol. The molecule has 0 N–H and O–H groups in total. The van der Waals surface area contributed by atoms with E-state index in [1.165, 1.54) is 24.3 Å². The molecule has 0 saturated carbocycles. The van der Waals surface area contributed by atoms with Crippen LogP contribution in [0.3, 0.4) is 0 Å². The summed E-state index contributed by atoms with van der Waals surface area (Å²) >= 11 is 1.43. The van der Waals surface area contributed by atoms with Crippen molar-refractivity contribution < 1.29 is 13.2 Å². The summed E-state index contributed by atoms with van der Waals surface area (Å²) in [7, 11) is 0. The van der Waals surface area contributed by atoms with E-state index in [2.05, 4.69) is 0 Å². The molecule has 1 heterocycles.